The molecule has 0 saturated heterocycles. The second-order valence-corrected chi connectivity index (χ2v) is 2.90. The number of rotatable bonds is 3. The van der Waals surface area contributed by atoms with E-state index < -0.39 is 0 Å². The lowest BCUT2D eigenvalue weighted by Gasteiger charge is -2.03. The van der Waals surface area contributed by atoms with Crippen LogP contribution in [0.5, 0.6) is 6.01 Å². The van der Waals surface area contributed by atoms with Crippen LogP contribution in [0.3, 0.4) is 0 Å². The Hall–Kier alpha value is -2.17. The Morgan fingerprint density at radius 1 is 1.13 bits per heavy atom. The fourth-order valence-corrected chi connectivity index (χ4v) is 1.08. The molecule has 0 radical (unpaired) electrons. The van der Waals surface area contributed by atoms with Crippen LogP contribution in [0.1, 0.15) is 5.56 Å². The zero-order valence-electron chi connectivity index (χ0n) is 8.00. The van der Waals surface area contributed by atoms with Gasteiger partial charge < -0.3 is 10.5 Å². The molecule has 2 rings (SSSR count). The van der Waals surface area contributed by atoms with Gasteiger partial charge in [0.1, 0.15) is 12.9 Å². The van der Waals surface area contributed by atoms with Crippen molar-refractivity contribution in [2.75, 3.05) is 5.73 Å². The molecule has 1 heterocycles. The van der Waals surface area contributed by atoms with E-state index in [2.05, 4.69) is 15.0 Å². The van der Waals surface area contributed by atoms with Crippen LogP contribution in [0.2, 0.25) is 0 Å². The van der Waals surface area contributed by atoms with E-state index in [-0.39, 0.29) is 12.0 Å². The minimum Gasteiger partial charge on any atom is -0.458 e. The Morgan fingerprint density at radius 2 is 1.93 bits per heavy atom. The zero-order valence-corrected chi connectivity index (χ0v) is 8.00. The first-order chi connectivity index (χ1) is 7.34. The lowest BCUT2D eigenvalue weighted by molar-refractivity contribution is 0.280. The van der Waals surface area contributed by atoms with E-state index in [9.17, 15) is 0 Å². The van der Waals surface area contributed by atoms with Crippen molar-refractivity contribution >= 4 is 5.95 Å². The molecule has 0 saturated carbocycles. The van der Waals surface area contributed by atoms with Crippen LogP contribution in [0.15, 0.2) is 36.7 Å². The Morgan fingerprint density at radius 3 is 2.67 bits per heavy atom. The van der Waals surface area contributed by atoms with Crippen molar-refractivity contribution in [2.24, 2.45) is 0 Å². The molecule has 15 heavy (non-hydrogen) atoms. The third kappa shape index (κ3) is 2.63. The molecule has 0 aliphatic carbocycles. The van der Waals surface area contributed by atoms with Gasteiger partial charge in [-0.1, -0.05) is 30.3 Å². The van der Waals surface area contributed by atoms with Gasteiger partial charge in [0.25, 0.3) is 0 Å². The Labute approximate surface area is 87.0 Å². The number of benzene rings is 1. The van der Waals surface area contributed by atoms with Crippen LogP contribution in [-0.2, 0) is 6.61 Å². The van der Waals surface area contributed by atoms with E-state index in [1.54, 1.807) is 0 Å². The molecule has 1 aromatic heterocycles. The van der Waals surface area contributed by atoms with Gasteiger partial charge in [0, 0.05) is 0 Å². The van der Waals surface area contributed by atoms with Gasteiger partial charge in [0.05, 0.1) is 0 Å². The molecule has 76 valence electrons. The first-order valence-corrected chi connectivity index (χ1v) is 4.46. The maximum atomic E-state index is 5.39. The maximum Gasteiger partial charge on any atom is 0.321 e. The predicted octanol–water partition coefficient (Wildman–Crippen LogP) is 1.03. The van der Waals surface area contributed by atoms with E-state index in [4.69, 9.17) is 10.5 Å². The standard InChI is InChI=1S/C10H10N4O/c11-9-12-7-13-10(14-9)15-6-8-4-2-1-3-5-8/h1-5,7H,6H2,(H2,11,12,13,14). The van der Waals surface area contributed by atoms with Crippen molar-refractivity contribution in [3.8, 4) is 6.01 Å². The van der Waals surface area contributed by atoms with Gasteiger partial charge in [-0.05, 0) is 5.56 Å². The summed E-state index contributed by atoms with van der Waals surface area (Å²) in [5.74, 6) is 0.160. The highest BCUT2D eigenvalue weighted by molar-refractivity contribution is 5.16. The number of hydrogen-bond donors (Lipinski definition) is 1. The van der Waals surface area contributed by atoms with Crippen molar-refractivity contribution < 1.29 is 4.74 Å². The third-order valence-electron chi connectivity index (χ3n) is 1.78. The average Bonchev–Trinajstić information content (AvgIpc) is 2.28. The Balaban J connectivity index is 1.99. The number of ether oxygens (including phenoxy) is 1. The second-order valence-electron chi connectivity index (χ2n) is 2.90. The minimum absolute atomic E-state index is 0.160. The molecule has 5 heteroatoms. The summed E-state index contributed by atoms with van der Waals surface area (Å²) in [6, 6.07) is 10.0. The van der Waals surface area contributed by atoms with E-state index >= 15 is 0 Å². The monoisotopic (exact) mass is 202 g/mol. The SMILES string of the molecule is Nc1ncnc(OCc2ccccc2)n1. The van der Waals surface area contributed by atoms with Crippen molar-refractivity contribution in [2.45, 2.75) is 6.61 Å². The molecule has 5 nitrogen and oxygen atoms in total. The van der Waals surface area contributed by atoms with E-state index in [1.807, 2.05) is 30.3 Å². The lowest BCUT2D eigenvalue weighted by atomic mass is 10.2. The molecule has 0 spiro atoms. The minimum atomic E-state index is 0.160. The van der Waals surface area contributed by atoms with Gasteiger partial charge in [-0.15, -0.1) is 0 Å². The van der Waals surface area contributed by atoms with Crippen LogP contribution < -0.4 is 10.5 Å². The zero-order chi connectivity index (χ0) is 10.5. The maximum absolute atomic E-state index is 5.39. The van der Waals surface area contributed by atoms with Crippen LogP contribution in [0.4, 0.5) is 5.95 Å². The van der Waals surface area contributed by atoms with Crippen molar-refractivity contribution in [3.63, 3.8) is 0 Å². The molecule has 0 fully saturated rings. The first kappa shape index (κ1) is 9.39. The average molecular weight is 202 g/mol. The normalized spacial score (nSPS) is 9.87. The van der Waals surface area contributed by atoms with Gasteiger partial charge in [0.2, 0.25) is 5.95 Å². The Bertz CT molecular complexity index is 432. The van der Waals surface area contributed by atoms with Crippen LogP contribution in [-0.4, -0.2) is 15.0 Å². The molecule has 0 atom stereocenters. The third-order valence-corrected chi connectivity index (χ3v) is 1.78. The molecule has 0 unspecified atom stereocenters. The summed E-state index contributed by atoms with van der Waals surface area (Å²) >= 11 is 0. The highest BCUT2D eigenvalue weighted by Crippen LogP contribution is 2.05. The summed E-state index contributed by atoms with van der Waals surface area (Å²) in [6.45, 7) is 0.421. The molecule has 0 amide bonds. The lowest BCUT2D eigenvalue weighted by Crippen LogP contribution is -2.02. The summed E-state index contributed by atoms with van der Waals surface area (Å²) in [5, 5.41) is 0. The quantitative estimate of drug-likeness (QED) is 0.804. The molecule has 0 aliphatic rings. The number of aromatic nitrogens is 3. The van der Waals surface area contributed by atoms with Gasteiger partial charge in [-0.2, -0.15) is 9.97 Å². The number of hydrogen-bond acceptors (Lipinski definition) is 5. The summed E-state index contributed by atoms with van der Waals surface area (Å²) < 4.78 is 5.33. The van der Waals surface area contributed by atoms with Gasteiger partial charge >= 0.3 is 6.01 Å². The first-order valence-electron chi connectivity index (χ1n) is 4.46. The molecular weight excluding hydrogens is 192 g/mol. The molecular formula is C10H10N4O. The van der Waals surface area contributed by atoms with Gasteiger partial charge in [-0.3, -0.25) is 0 Å². The molecule has 1 aromatic carbocycles. The highest BCUT2D eigenvalue weighted by atomic mass is 16.5. The topological polar surface area (TPSA) is 73.9 Å². The van der Waals surface area contributed by atoms with Gasteiger partial charge in [0.15, 0.2) is 0 Å². The second kappa shape index (κ2) is 4.36. The smallest absolute Gasteiger partial charge is 0.321 e. The van der Waals surface area contributed by atoms with E-state index in [1.165, 1.54) is 6.33 Å². The number of nitrogen functional groups attached to an aromatic ring is 1. The van der Waals surface area contributed by atoms with Crippen LogP contribution in [0, 0.1) is 0 Å². The molecule has 0 bridgehead atoms. The summed E-state index contributed by atoms with van der Waals surface area (Å²) in [7, 11) is 0. The molecule has 0 aliphatic heterocycles. The van der Waals surface area contributed by atoms with Crippen molar-refractivity contribution in [1.82, 2.24) is 15.0 Å². The van der Waals surface area contributed by atoms with E-state index in [0.717, 1.165) is 5.56 Å². The summed E-state index contributed by atoms with van der Waals surface area (Å²) in [6.07, 6.45) is 1.32. The van der Waals surface area contributed by atoms with Crippen LogP contribution >= 0.6 is 0 Å². The van der Waals surface area contributed by atoms with E-state index in [0.29, 0.717) is 6.61 Å². The molecule has 2 aromatic rings. The fourth-order valence-electron chi connectivity index (χ4n) is 1.08. The summed E-state index contributed by atoms with van der Waals surface area (Å²) in [5.41, 5.74) is 6.44. The van der Waals surface area contributed by atoms with Crippen molar-refractivity contribution in [3.05, 3.63) is 42.2 Å². The number of nitrogens with zero attached hydrogens (tertiary/aromatic N) is 3. The fraction of sp³-hybridized carbons (Fsp3) is 0.100. The summed E-state index contributed by atoms with van der Waals surface area (Å²) in [4.78, 5) is 11.3. The highest BCUT2D eigenvalue weighted by Gasteiger charge is 1.98. The largest absolute Gasteiger partial charge is 0.458 e. The predicted molar refractivity (Wildman–Crippen MR) is 55.0 cm³/mol. The molecule has 2 N–H and O–H groups in total. The van der Waals surface area contributed by atoms with Crippen LogP contribution in [0.25, 0.3) is 0 Å². The Kier molecular flexibility index (Phi) is 2.73. The van der Waals surface area contributed by atoms with Crippen molar-refractivity contribution in [1.29, 1.82) is 0 Å². The number of anilines is 1. The van der Waals surface area contributed by atoms with Gasteiger partial charge in [-0.25, -0.2) is 4.98 Å². The number of nitrogens with two attached hydrogens (primary N) is 1.